The van der Waals surface area contributed by atoms with Gasteiger partial charge in [-0.15, -0.1) is 11.3 Å². The number of piperazine rings is 1. The molecule has 1 aromatic rings. The molecule has 0 spiro atoms. The van der Waals surface area contributed by atoms with Crippen LogP contribution in [0.5, 0.6) is 0 Å². The van der Waals surface area contributed by atoms with Crippen LogP contribution >= 0.6 is 11.3 Å². The van der Waals surface area contributed by atoms with E-state index in [1.807, 2.05) is 6.20 Å². The predicted octanol–water partition coefficient (Wildman–Crippen LogP) is 0.964. The summed E-state index contributed by atoms with van der Waals surface area (Å²) < 4.78 is 0. The third-order valence-electron chi connectivity index (χ3n) is 3.32. The van der Waals surface area contributed by atoms with Crippen molar-refractivity contribution in [3.63, 3.8) is 0 Å². The molecule has 0 saturated carbocycles. The molecule has 1 aromatic heterocycles. The highest BCUT2D eigenvalue weighted by Crippen LogP contribution is 2.23. The summed E-state index contributed by atoms with van der Waals surface area (Å²) in [6.45, 7) is 8.53. The highest BCUT2D eigenvalue weighted by Gasteiger charge is 2.18. The molecule has 0 radical (unpaired) electrons. The SMILES string of the molecule is CCCN1CCN(c2ncc(CCNC=O)s2)CC1. The lowest BCUT2D eigenvalue weighted by atomic mass is 10.3. The fourth-order valence-corrected chi connectivity index (χ4v) is 3.25. The number of nitrogens with one attached hydrogen (secondary N) is 1. The summed E-state index contributed by atoms with van der Waals surface area (Å²) in [4.78, 5) is 20.8. The largest absolute Gasteiger partial charge is 0.358 e. The number of carbonyl (C=O) groups excluding carboxylic acids is 1. The van der Waals surface area contributed by atoms with E-state index in [1.165, 1.54) is 17.8 Å². The molecule has 1 aliphatic heterocycles. The third-order valence-corrected chi connectivity index (χ3v) is 4.44. The van der Waals surface area contributed by atoms with Crippen LogP contribution < -0.4 is 10.2 Å². The topological polar surface area (TPSA) is 48.5 Å². The number of nitrogens with zero attached hydrogens (tertiary/aromatic N) is 3. The summed E-state index contributed by atoms with van der Waals surface area (Å²) in [6, 6.07) is 0. The summed E-state index contributed by atoms with van der Waals surface area (Å²) in [5.41, 5.74) is 0. The number of amides is 1. The third kappa shape index (κ3) is 4.18. The van der Waals surface area contributed by atoms with Gasteiger partial charge in [0.2, 0.25) is 6.41 Å². The summed E-state index contributed by atoms with van der Waals surface area (Å²) in [6.07, 6.45) is 4.77. The Bertz CT molecular complexity index is 388. The van der Waals surface area contributed by atoms with Gasteiger partial charge in [-0.2, -0.15) is 0 Å². The monoisotopic (exact) mass is 282 g/mol. The second kappa shape index (κ2) is 7.45. The van der Waals surface area contributed by atoms with Gasteiger partial charge in [0.05, 0.1) is 0 Å². The average Bonchev–Trinajstić information content (AvgIpc) is 2.89. The molecule has 0 aliphatic carbocycles. The smallest absolute Gasteiger partial charge is 0.207 e. The van der Waals surface area contributed by atoms with Crippen LogP contribution in [0.25, 0.3) is 0 Å². The number of carbonyl (C=O) groups is 1. The minimum absolute atomic E-state index is 0.690. The van der Waals surface area contributed by atoms with E-state index in [0.29, 0.717) is 6.54 Å². The highest BCUT2D eigenvalue weighted by atomic mass is 32.1. The number of aromatic nitrogens is 1. The van der Waals surface area contributed by atoms with E-state index in [-0.39, 0.29) is 0 Å². The lowest BCUT2D eigenvalue weighted by molar-refractivity contribution is -0.109. The van der Waals surface area contributed by atoms with Crippen LogP contribution in [-0.2, 0) is 11.2 Å². The Kier molecular flexibility index (Phi) is 5.60. The molecule has 2 heterocycles. The molecular formula is C13H22N4OS. The second-order valence-corrected chi connectivity index (χ2v) is 5.85. The Labute approximate surface area is 118 Å². The standard InChI is InChI=1S/C13H22N4OS/c1-2-5-16-6-8-17(9-7-16)13-15-10-12(19-13)3-4-14-11-18/h10-11H,2-9H2,1H3,(H,14,18). The van der Waals surface area contributed by atoms with Crippen LogP contribution in [0.3, 0.4) is 0 Å². The van der Waals surface area contributed by atoms with E-state index in [2.05, 4.69) is 27.0 Å². The highest BCUT2D eigenvalue weighted by molar-refractivity contribution is 7.15. The lowest BCUT2D eigenvalue weighted by Crippen LogP contribution is -2.46. The van der Waals surface area contributed by atoms with Crippen molar-refractivity contribution in [2.75, 3.05) is 44.2 Å². The first kappa shape index (κ1) is 14.3. The fourth-order valence-electron chi connectivity index (χ4n) is 2.29. The minimum Gasteiger partial charge on any atom is -0.358 e. The lowest BCUT2D eigenvalue weighted by Gasteiger charge is -2.34. The predicted molar refractivity (Wildman–Crippen MR) is 78.8 cm³/mol. The van der Waals surface area contributed by atoms with Crippen molar-refractivity contribution in [2.45, 2.75) is 19.8 Å². The second-order valence-electron chi connectivity index (χ2n) is 4.76. The quantitative estimate of drug-likeness (QED) is 0.598. The average molecular weight is 282 g/mol. The molecule has 5 nitrogen and oxygen atoms in total. The first-order valence-electron chi connectivity index (χ1n) is 6.92. The van der Waals surface area contributed by atoms with Crippen molar-refractivity contribution >= 4 is 22.9 Å². The zero-order valence-electron chi connectivity index (χ0n) is 11.5. The van der Waals surface area contributed by atoms with E-state index in [4.69, 9.17) is 0 Å². The van der Waals surface area contributed by atoms with E-state index >= 15 is 0 Å². The van der Waals surface area contributed by atoms with Crippen LogP contribution in [0.2, 0.25) is 0 Å². The molecule has 0 aromatic carbocycles. The Hall–Kier alpha value is -1.14. The zero-order chi connectivity index (χ0) is 13.5. The van der Waals surface area contributed by atoms with Crippen molar-refractivity contribution in [1.82, 2.24) is 15.2 Å². The van der Waals surface area contributed by atoms with Gasteiger partial charge < -0.3 is 10.2 Å². The van der Waals surface area contributed by atoms with Crippen LogP contribution in [0.4, 0.5) is 5.13 Å². The maximum absolute atomic E-state index is 10.2. The van der Waals surface area contributed by atoms with Crippen LogP contribution in [0, 0.1) is 0 Å². The maximum atomic E-state index is 10.2. The summed E-state index contributed by atoms with van der Waals surface area (Å²) in [5.74, 6) is 0. The van der Waals surface area contributed by atoms with Gasteiger partial charge in [0.25, 0.3) is 0 Å². The maximum Gasteiger partial charge on any atom is 0.207 e. The van der Waals surface area contributed by atoms with E-state index in [9.17, 15) is 4.79 Å². The summed E-state index contributed by atoms with van der Waals surface area (Å²) in [7, 11) is 0. The van der Waals surface area contributed by atoms with Crippen molar-refractivity contribution < 1.29 is 4.79 Å². The van der Waals surface area contributed by atoms with Gasteiger partial charge in [0.1, 0.15) is 0 Å². The first-order valence-corrected chi connectivity index (χ1v) is 7.74. The van der Waals surface area contributed by atoms with Gasteiger partial charge in [-0.1, -0.05) is 6.92 Å². The van der Waals surface area contributed by atoms with E-state index in [1.54, 1.807) is 11.3 Å². The molecule has 1 fully saturated rings. The van der Waals surface area contributed by atoms with Gasteiger partial charge in [-0.3, -0.25) is 9.69 Å². The van der Waals surface area contributed by atoms with Crippen molar-refractivity contribution in [2.24, 2.45) is 0 Å². The van der Waals surface area contributed by atoms with Gasteiger partial charge in [0.15, 0.2) is 5.13 Å². The Morgan fingerprint density at radius 1 is 1.42 bits per heavy atom. The fraction of sp³-hybridized carbons (Fsp3) is 0.692. The number of hydrogen-bond acceptors (Lipinski definition) is 5. The van der Waals surface area contributed by atoms with Gasteiger partial charge >= 0.3 is 0 Å². The normalized spacial score (nSPS) is 16.6. The van der Waals surface area contributed by atoms with Crippen molar-refractivity contribution in [3.8, 4) is 0 Å². The zero-order valence-corrected chi connectivity index (χ0v) is 12.3. The Morgan fingerprint density at radius 3 is 2.89 bits per heavy atom. The molecule has 1 amide bonds. The number of hydrogen-bond donors (Lipinski definition) is 1. The van der Waals surface area contributed by atoms with Crippen LogP contribution in [0.15, 0.2) is 6.20 Å². The molecule has 1 N–H and O–H groups in total. The molecule has 2 rings (SSSR count). The molecule has 106 valence electrons. The number of rotatable bonds is 7. The van der Waals surface area contributed by atoms with Gasteiger partial charge in [-0.25, -0.2) is 4.98 Å². The molecule has 1 aliphatic rings. The van der Waals surface area contributed by atoms with Crippen molar-refractivity contribution in [3.05, 3.63) is 11.1 Å². The van der Waals surface area contributed by atoms with Gasteiger partial charge in [0, 0.05) is 50.2 Å². The van der Waals surface area contributed by atoms with E-state index in [0.717, 1.165) is 44.1 Å². The molecule has 19 heavy (non-hydrogen) atoms. The minimum atomic E-state index is 0.690. The Balaban J connectivity index is 1.81. The summed E-state index contributed by atoms with van der Waals surface area (Å²) in [5, 5.41) is 3.81. The van der Waals surface area contributed by atoms with E-state index < -0.39 is 0 Å². The molecule has 0 atom stereocenters. The molecule has 0 unspecified atom stereocenters. The summed E-state index contributed by atoms with van der Waals surface area (Å²) >= 11 is 1.74. The first-order chi connectivity index (χ1) is 9.33. The Morgan fingerprint density at radius 2 is 2.21 bits per heavy atom. The van der Waals surface area contributed by atoms with Crippen LogP contribution in [-0.4, -0.2) is 55.6 Å². The molecule has 1 saturated heterocycles. The molecule has 0 bridgehead atoms. The number of thiazole rings is 1. The van der Waals surface area contributed by atoms with Gasteiger partial charge in [-0.05, 0) is 13.0 Å². The van der Waals surface area contributed by atoms with Crippen LogP contribution in [0.1, 0.15) is 18.2 Å². The molecular weight excluding hydrogens is 260 g/mol. The molecule has 6 heteroatoms. The number of anilines is 1. The van der Waals surface area contributed by atoms with Crippen molar-refractivity contribution in [1.29, 1.82) is 0 Å².